The molecule has 0 fully saturated rings. The lowest BCUT2D eigenvalue weighted by Gasteiger charge is -2.09. The van der Waals surface area contributed by atoms with E-state index in [0.717, 1.165) is 30.5 Å². The highest BCUT2D eigenvalue weighted by Crippen LogP contribution is 2.29. The van der Waals surface area contributed by atoms with Crippen molar-refractivity contribution in [2.75, 3.05) is 5.75 Å². The van der Waals surface area contributed by atoms with E-state index in [2.05, 4.69) is 36.7 Å². The van der Waals surface area contributed by atoms with E-state index in [9.17, 15) is 4.79 Å². The van der Waals surface area contributed by atoms with Crippen molar-refractivity contribution in [2.24, 2.45) is 5.10 Å². The van der Waals surface area contributed by atoms with Crippen molar-refractivity contribution in [1.82, 2.24) is 15.6 Å². The zero-order chi connectivity index (χ0) is 22.9. The Bertz CT molecular complexity index is 1230. The predicted octanol–water partition coefficient (Wildman–Crippen LogP) is 5.79. The van der Waals surface area contributed by atoms with Crippen LogP contribution in [0.3, 0.4) is 0 Å². The Balaban J connectivity index is 1.30. The molecule has 0 saturated carbocycles. The largest absolute Gasteiger partial charge is 0.488 e. The third kappa shape index (κ3) is 6.98. The van der Waals surface area contributed by atoms with Crippen LogP contribution in [0.25, 0.3) is 10.6 Å². The molecule has 1 aromatic heterocycles. The molecule has 33 heavy (non-hydrogen) atoms. The Morgan fingerprint density at radius 3 is 2.61 bits per heavy atom. The van der Waals surface area contributed by atoms with Gasteiger partial charge < -0.3 is 4.74 Å². The molecule has 0 spiro atoms. The third-order valence-corrected chi connectivity index (χ3v) is 6.95. The van der Waals surface area contributed by atoms with Gasteiger partial charge in [0.2, 0.25) is 0 Å². The van der Waals surface area contributed by atoms with Crippen molar-refractivity contribution in [2.45, 2.75) is 10.9 Å². The van der Waals surface area contributed by atoms with Gasteiger partial charge in [-0.15, -0.1) is 10.2 Å². The standard InChI is InChI=1S/C24H19BrN4O2S2/c25-20-11-12-21(31-15-17-7-3-1-4-8-17)19(13-20)14-26-27-22(30)16-32-24-29-28-23(33-24)18-9-5-2-6-10-18/h1-14H,15-16H2,(H,27,30). The molecule has 0 aliphatic rings. The molecule has 0 saturated heterocycles. The summed E-state index contributed by atoms with van der Waals surface area (Å²) in [5, 5.41) is 13.3. The van der Waals surface area contributed by atoms with Gasteiger partial charge >= 0.3 is 0 Å². The summed E-state index contributed by atoms with van der Waals surface area (Å²) in [5.41, 5.74) is 5.39. The Labute approximate surface area is 208 Å². The number of nitrogens with zero attached hydrogens (tertiary/aromatic N) is 3. The van der Waals surface area contributed by atoms with Gasteiger partial charge in [-0.3, -0.25) is 4.79 Å². The molecule has 0 radical (unpaired) electrons. The summed E-state index contributed by atoms with van der Waals surface area (Å²) in [4.78, 5) is 12.2. The number of amides is 1. The summed E-state index contributed by atoms with van der Waals surface area (Å²) in [6, 6.07) is 25.4. The van der Waals surface area contributed by atoms with Crippen LogP contribution in [0.1, 0.15) is 11.1 Å². The molecular weight excluding hydrogens is 520 g/mol. The van der Waals surface area contributed by atoms with Crippen molar-refractivity contribution in [3.63, 3.8) is 0 Å². The van der Waals surface area contributed by atoms with Crippen LogP contribution < -0.4 is 10.2 Å². The number of hydrogen-bond acceptors (Lipinski definition) is 7. The number of carbonyl (C=O) groups excluding carboxylic acids is 1. The highest BCUT2D eigenvalue weighted by atomic mass is 79.9. The van der Waals surface area contributed by atoms with Gasteiger partial charge in [-0.05, 0) is 23.8 Å². The van der Waals surface area contributed by atoms with Crippen molar-refractivity contribution < 1.29 is 9.53 Å². The summed E-state index contributed by atoms with van der Waals surface area (Å²) in [5.74, 6) is 0.641. The number of benzene rings is 3. The van der Waals surface area contributed by atoms with E-state index in [1.165, 1.54) is 23.1 Å². The third-order valence-electron chi connectivity index (χ3n) is 4.36. The number of halogens is 1. The summed E-state index contributed by atoms with van der Waals surface area (Å²) < 4.78 is 7.56. The van der Waals surface area contributed by atoms with E-state index in [1.807, 2.05) is 78.9 Å². The molecule has 0 aliphatic heterocycles. The number of thioether (sulfide) groups is 1. The van der Waals surface area contributed by atoms with E-state index in [-0.39, 0.29) is 11.7 Å². The van der Waals surface area contributed by atoms with Crippen LogP contribution in [0.2, 0.25) is 0 Å². The monoisotopic (exact) mass is 538 g/mol. The quantitative estimate of drug-likeness (QED) is 0.166. The lowest BCUT2D eigenvalue weighted by Crippen LogP contribution is -2.19. The molecule has 1 amide bonds. The number of hydrazone groups is 1. The minimum Gasteiger partial charge on any atom is -0.488 e. The molecule has 3 aromatic carbocycles. The number of hydrogen-bond donors (Lipinski definition) is 1. The zero-order valence-electron chi connectivity index (χ0n) is 17.3. The summed E-state index contributed by atoms with van der Waals surface area (Å²) in [6.07, 6.45) is 1.58. The summed E-state index contributed by atoms with van der Waals surface area (Å²) >= 11 is 6.25. The van der Waals surface area contributed by atoms with E-state index in [1.54, 1.807) is 6.21 Å². The fourth-order valence-corrected chi connectivity index (χ4v) is 4.81. The molecule has 9 heteroatoms. The van der Waals surface area contributed by atoms with Crippen molar-refractivity contribution in [3.8, 4) is 16.3 Å². The van der Waals surface area contributed by atoms with E-state index in [0.29, 0.717) is 12.4 Å². The first-order valence-electron chi connectivity index (χ1n) is 9.97. The number of nitrogens with one attached hydrogen (secondary N) is 1. The molecule has 4 aromatic rings. The highest BCUT2D eigenvalue weighted by Gasteiger charge is 2.09. The molecule has 6 nitrogen and oxygen atoms in total. The molecule has 0 aliphatic carbocycles. The minimum atomic E-state index is -0.227. The van der Waals surface area contributed by atoms with Crippen LogP contribution in [0.15, 0.2) is 92.8 Å². The van der Waals surface area contributed by atoms with Gasteiger partial charge in [0.15, 0.2) is 4.34 Å². The summed E-state index contributed by atoms with van der Waals surface area (Å²) in [6.45, 7) is 0.444. The fraction of sp³-hybridized carbons (Fsp3) is 0.0833. The molecular formula is C24H19BrN4O2S2. The molecule has 0 atom stereocenters. The lowest BCUT2D eigenvalue weighted by atomic mass is 10.2. The Hall–Kier alpha value is -3.01. The Kier molecular flexibility index (Phi) is 8.24. The normalized spacial score (nSPS) is 10.9. The van der Waals surface area contributed by atoms with Crippen LogP contribution in [-0.4, -0.2) is 28.1 Å². The Morgan fingerprint density at radius 2 is 1.82 bits per heavy atom. The second kappa shape index (κ2) is 11.7. The molecule has 1 heterocycles. The van der Waals surface area contributed by atoms with Crippen LogP contribution in [0, 0.1) is 0 Å². The highest BCUT2D eigenvalue weighted by molar-refractivity contribution is 9.10. The first kappa shape index (κ1) is 23.2. The van der Waals surface area contributed by atoms with E-state index < -0.39 is 0 Å². The number of rotatable bonds is 9. The fourth-order valence-electron chi connectivity index (χ4n) is 2.79. The van der Waals surface area contributed by atoms with Gasteiger partial charge in [-0.2, -0.15) is 5.10 Å². The van der Waals surface area contributed by atoms with Crippen molar-refractivity contribution in [3.05, 3.63) is 94.5 Å². The number of aromatic nitrogens is 2. The first-order valence-corrected chi connectivity index (χ1v) is 12.6. The average Bonchev–Trinajstić information content (AvgIpc) is 3.33. The van der Waals surface area contributed by atoms with Crippen LogP contribution in [-0.2, 0) is 11.4 Å². The maximum absolute atomic E-state index is 12.2. The van der Waals surface area contributed by atoms with Gasteiger partial charge in [0.1, 0.15) is 17.4 Å². The predicted molar refractivity (Wildman–Crippen MR) is 137 cm³/mol. The second-order valence-corrected chi connectivity index (χ2v) is 9.89. The number of ether oxygens (including phenoxy) is 1. The molecule has 0 bridgehead atoms. The second-order valence-electron chi connectivity index (χ2n) is 6.78. The summed E-state index contributed by atoms with van der Waals surface area (Å²) in [7, 11) is 0. The van der Waals surface area contributed by atoms with Crippen LogP contribution in [0.5, 0.6) is 5.75 Å². The SMILES string of the molecule is O=C(CSc1nnc(-c2ccccc2)s1)NN=Cc1cc(Br)ccc1OCc1ccccc1. The maximum Gasteiger partial charge on any atom is 0.250 e. The molecule has 166 valence electrons. The average molecular weight is 539 g/mol. The smallest absolute Gasteiger partial charge is 0.250 e. The van der Waals surface area contributed by atoms with Crippen molar-refractivity contribution in [1.29, 1.82) is 0 Å². The maximum atomic E-state index is 12.2. The molecule has 4 rings (SSSR count). The first-order chi connectivity index (χ1) is 16.2. The molecule has 0 unspecified atom stereocenters. The van der Waals surface area contributed by atoms with Gasteiger partial charge in [0.05, 0.1) is 12.0 Å². The van der Waals surface area contributed by atoms with Crippen LogP contribution >= 0.6 is 39.0 Å². The topological polar surface area (TPSA) is 76.5 Å². The van der Waals surface area contributed by atoms with Gasteiger partial charge in [0, 0.05) is 15.6 Å². The van der Waals surface area contributed by atoms with E-state index in [4.69, 9.17) is 4.74 Å². The van der Waals surface area contributed by atoms with Crippen LogP contribution in [0.4, 0.5) is 0 Å². The van der Waals surface area contributed by atoms with Gasteiger partial charge in [-0.25, -0.2) is 5.43 Å². The Morgan fingerprint density at radius 1 is 1.06 bits per heavy atom. The van der Waals surface area contributed by atoms with Gasteiger partial charge in [-0.1, -0.05) is 99.7 Å². The lowest BCUT2D eigenvalue weighted by molar-refractivity contribution is -0.118. The van der Waals surface area contributed by atoms with Gasteiger partial charge in [0.25, 0.3) is 5.91 Å². The molecule has 1 N–H and O–H groups in total. The number of carbonyl (C=O) groups is 1. The zero-order valence-corrected chi connectivity index (χ0v) is 20.6. The van der Waals surface area contributed by atoms with E-state index >= 15 is 0 Å². The van der Waals surface area contributed by atoms with Crippen molar-refractivity contribution >= 4 is 51.2 Å². The minimum absolute atomic E-state index is 0.191.